The highest BCUT2D eigenvalue weighted by molar-refractivity contribution is 8.18. The average molecular weight is 323 g/mol. The fourth-order valence-electron chi connectivity index (χ4n) is 1.07. The van der Waals surface area contributed by atoms with E-state index in [4.69, 9.17) is 13.5 Å². The summed E-state index contributed by atoms with van der Waals surface area (Å²) in [6.07, 6.45) is 1.18. The highest BCUT2D eigenvalue weighted by Crippen LogP contribution is 2.46. The maximum absolute atomic E-state index is 10.4. The first-order chi connectivity index (χ1) is 9.50. The van der Waals surface area contributed by atoms with Gasteiger partial charge in [0, 0.05) is 0 Å². The fraction of sp³-hybridized carbons (Fsp3) is 0.444. The van der Waals surface area contributed by atoms with Crippen molar-refractivity contribution in [2.75, 3.05) is 13.2 Å². The summed E-state index contributed by atoms with van der Waals surface area (Å²) in [4.78, 5) is 23.3. The van der Waals surface area contributed by atoms with Gasteiger partial charge < -0.3 is 14.3 Å². The van der Waals surface area contributed by atoms with Crippen LogP contribution >= 0.6 is 6.72 Å². The highest BCUT2D eigenvalue weighted by atomic mass is 32.5. The Morgan fingerprint density at radius 3 is 2.70 bits per heavy atom. The molecule has 1 aromatic heterocycles. The summed E-state index contributed by atoms with van der Waals surface area (Å²) in [5, 5.41) is 14.0. The molecule has 11 heteroatoms. The van der Waals surface area contributed by atoms with Crippen LogP contribution < -0.4 is 0 Å². The molecule has 0 aliphatic heterocycles. The predicted molar refractivity (Wildman–Crippen MR) is 76.1 cm³/mol. The fourth-order valence-corrected chi connectivity index (χ4v) is 3.39. The summed E-state index contributed by atoms with van der Waals surface area (Å²) >= 11 is 0.679. The Bertz CT molecular complexity index is 522. The van der Waals surface area contributed by atoms with Crippen molar-refractivity contribution in [1.29, 1.82) is 0 Å². The second-order valence-electron chi connectivity index (χ2n) is 3.15. The van der Waals surface area contributed by atoms with Gasteiger partial charge in [-0.3, -0.25) is 24.1 Å². The van der Waals surface area contributed by atoms with E-state index >= 15 is 0 Å². The van der Waals surface area contributed by atoms with Crippen LogP contribution in [0, 0.1) is 10.1 Å². The smallest absolute Gasteiger partial charge is 0.400 e. The molecular weight excluding hydrogens is 309 g/mol. The van der Waals surface area contributed by atoms with Crippen LogP contribution in [0.4, 0.5) is 5.88 Å². The Hall–Kier alpha value is -1.32. The standard InChI is InChI=1S/C9H14N3O6PS/c1-3-16-19(15,17-4-2)20-11-10-7-8-5-6-9(18-8)12(13)14/h5-7,15H,3-4H2,1-2H3. The molecule has 0 aliphatic carbocycles. The van der Waals surface area contributed by atoms with Crippen molar-refractivity contribution >= 4 is 29.9 Å². The molecule has 0 bridgehead atoms. The number of furan rings is 1. The molecule has 1 aromatic rings. The van der Waals surface area contributed by atoms with E-state index in [1.807, 2.05) is 0 Å². The van der Waals surface area contributed by atoms with Gasteiger partial charge in [-0.05, 0) is 19.9 Å². The first kappa shape index (κ1) is 16.7. The molecule has 9 nitrogen and oxygen atoms in total. The summed E-state index contributed by atoms with van der Waals surface area (Å²) in [5.41, 5.74) is 0. The van der Waals surface area contributed by atoms with Gasteiger partial charge in [0.25, 0.3) is 0 Å². The normalized spacial score (nSPS) is 11.8. The van der Waals surface area contributed by atoms with Crippen molar-refractivity contribution in [3.8, 4) is 0 Å². The lowest BCUT2D eigenvalue weighted by Gasteiger charge is -2.08. The third-order valence-electron chi connectivity index (χ3n) is 1.75. The van der Waals surface area contributed by atoms with Gasteiger partial charge in [0.1, 0.15) is 4.92 Å². The number of rotatable bonds is 8. The molecule has 0 spiro atoms. The second-order valence-corrected chi connectivity index (χ2v) is 6.80. The minimum atomic E-state index is -3.10. The van der Waals surface area contributed by atoms with E-state index in [-0.39, 0.29) is 24.9 Å². The molecule has 0 saturated heterocycles. The lowest BCUT2D eigenvalue weighted by molar-refractivity contribution is -0.402. The lowest BCUT2D eigenvalue weighted by Crippen LogP contribution is -1.95. The van der Waals surface area contributed by atoms with E-state index in [2.05, 4.69) is 9.93 Å². The quantitative estimate of drug-likeness (QED) is 0.196. The summed E-state index contributed by atoms with van der Waals surface area (Å²) in [6, 6.07) is 2.59. The van der Waals surface area contributed by atoms with Crippen molar-refractivity contribution in [3.63, 3.8) is 0 Å². The van der Waals surface area contributed by atoms with Gasteiger partial charge in [-0.25, -0.2) is 0 Å². The Kier molecular flexibility index (Phi) is 6.76. The number of hydrogen-bond acceptors (Lipinski definition) is 6. The van der Waals surface area contributed by atoms with E-state index in [1.54, 1.807) is 13.8 Å². The second kappa shape index (κ2) is 8.08. The van der Waals surface area contributed by atoms with E-state index in [0.29, 0.717) is 11.1 Å². The SMILES string of the molecule is CCOP(O)(OCC)=[S+][N-]N=Cc1ccc([N+](=O)[O-])o1. The van der Waals surface area contributed by atoms with Crippen LogP contribution in [0.2, 0.25) is 0 Å². The minimum absolute atomic E-state index is 0.177. The zero-order valence-corrected chi connectivity index (χ0v) is 12.5. The van der Waals surface area contributed by atoms with Crippen LogP contribution in [0.25, 0.3) is 4.83 Å². The largest absolute Gasteiger partial charge is 0.514 e. The number of hydrogen-bond donors (Lipinski definition) is 1. The van der Waals surface area contributed by atoms with Crippen molar-refractivity contribution < 1.29 is 23.3 Å². The van der Waals surface area contributed by atoms with Gasteiger partial charge in [0.05, 0.1) is 25.5 Å². The van der Waals surface area contributed by atoms with Crippen LogP contribution in [0.1, 0.15) is 19.6 Å². The topological polar surface area (TPSA) is 121 Å². The maximum Gasteiger partial charge on any atom is 0.514 e. The first-order valence-electron chi connectivity index (χ1n) is 5.58. The summed E-state index contributed by atoms with van der Waals surface area (Å²) in [6.45, 7) is 0.890. The number of nitro groups is 1. The lowest BCUT2D eigenvalue weighted by atomic mass is 10.5. The van der Waals surface area contributed by atoms with Gasteiger partial charge in [-0.15, -0.1) is 0 Å². The third-order valence-corrected chi connectivity index (χ3v) is 4.76. The molecule has 20 heavy (non-hydrogen) atoms. The van der Waals surface area contributed by atoms with Gasteiger partial charge in [-0.1, -0.05) is 0 Å². The van der Waals surface area contributed by atoms with Crippen LogP contribution in [0.15, 0.2) is 21.7 Å². The summed E-state index contributed by atoms with van der Waals surface area (Å²) in [7, 11) is 0. The molecule has 112 valence electrons. The van der Waals surface area contributed by atoms with Crippen LogP contribution in [-0.2, 0) is 20.2 Å². The molecule has 0 unspecified atom stereocenters. The van der Waals surface area contributed by atoms with Crippen LogP contribution in [0.5, 0.6) is 0 Å². The summed E-state index contributed by atoms with van der Waals surface area (Å²) in [5.74, 6) is -0.206. The molecule has 1 heterocycles. The van der Waals surface area contributed by atoms with E-state index in [9.17, 15) is 15.0 Å². The third kappa shape index (κ3) is 5.35. The van der Waals surface area contributed by atoms with E-state index < -0.39 is 11.6 Å². The Labute approximate surface area is 119 Å². The zero-order valence-electron chi connectivity index (χ0n) is 10.8. The first-order valence-corrected chi connectivity index (χ1v) is 8.53. The van der Waals surface area contributed by atoms with Gasteiger partial charge in [-0.2, -0.15) is 0 Å². The molecule has 0 aromatic carbocycles. The van der Waals surface area contributed by atoms with E-state index in [0.717, 1.165) is 0 Å². The molecule has 0 radical (unpaired) electrons. The minimum Gasteiger partial charge on any atom is -0.400 e. The molecular formula is C9H14N3O6PS. The molecule has 1 N–H and O–H groups in total. The molecule has 0 aliphatic rings. The Morgan fingerprint density at radius 2 is 2.20 bits per heavy atom. The monoisotopic (exact) mass is 323 g/mol. The van der Waals surface area contributed by atoms with Gasteiger partial charge in [0.2, 0.25) is 11.1 Å². The highest BCUT2D eigenvalue weighted by Gasteiger charge is 2.26. The molecule has 1 rings (SSSR count). The Balaban J connectivity index is 2.64. The summed E-state index contributed by atoms with van der Waals surface area (Å²) < 4.78 is 15.0. The van der Waals surface area contributed by atoms with Crippen LogP contribution in [-0.4, -0.2) is 29.2 Å². The van der Waals surface area contributed by atoms with Crippen molar-refractivity contribution in [3.05, 3.63) is 32.8 Å². The molecule has 0 fully saturated rings. The van der Waals surface area contributed by atoms with E-state index in [1.165, 1.54) is 18.3 Å². The van der Waals surface area contributed by atoms with Crippen LogP contribution in [0.3, 0.4) is 0 Å². The van der Waals surface area contributed by atoms with Crippen molar-refractivity contribution in [2.24, 2.45) is 5.10 Å². The van der Waals surface area contributed by atoms with Gasteiger partial charge in [0.15, 0.2) is 5.76 Å². The predicted octanol–water partition coefficient (Wildman–Crippen LogP) is 2.64. The van der Waals surface area contributed by atoms with Crippen molar-refractivity contribution in [1.82, 2.24) is 0 Å². The van der Waals surface area contributed by atoms with Crippen molar-refractivity contribution in [2.45, 2.75) is 13.8 Å². The number of nitrogens with zero attached hydrogens (tertiary/aromatic N) is 3. The molecule has 0 amide bonds. The zero-order chi connectivity index (χ0) is 15.0. The van der Waals surface area contributed by atoms with Gasteiger partial charge >= 0.3 is 12.6 Å². The Morgan fingerprint density at radius 1 is 1.55 bits per heavy atom. The molecule has 0 saturated carbocycles. The maximum atomic E-state index is 10.4. The average Bonchev–Trinajstić information content (AvgIpc) is 2.84. The molecule has 0 atom stereocenters.